The summed E-state index contributed by atoms with van der Waals surface area (Å²) in [5.41, 5.74) is 7.43. The summed E-state index contributed by atoms with van der Waals surface area (Å²) < 4.78 is -0.246. The van der Waals surface area contributed by atoms with E-state index < -0.39 is 0 Å². The summed E-state index contributed by atoms with van der Waals surface area (Å²) in [5, 5.41) is 0. The minimum atomic E-state index is -0.246. The van der Waals surface area contributed by atoms with Crippen molar-refractivity contribution in [3.63, 3.8) is 0 Å². The smallest absolute Gasteiger partial charge is 0.108 e. The standard InChI is InChI=1S/C14H12BrN/c15-14(9-4-1-5-10-14)11-8-12-6-2-3-7-13(12)16/h1-7,9H,10,16H2. The Kier molecular flexibility index (Phi) is 3.17. The molecule has 0 spiro atoms. The van der Waals surface area contributed by atoms with Gasteiger partial charge in [0.2, 0.25) is 0 Å². The number of anilines is 1. The van der Waals surface area contributed by atoms with Crippen LogP contribution in [0.5, 0.6) is 0 Å². The molecule has 2 rings (SSSR count). The lowest BCUT2D eigenvalue weighted by atomic mass is 10.0. The average Bonchev–Trinajstić information content (AvgIpc) is 2.29. The molecule has 1 aliphatic carbocycles. The van der Waals surface area contributed by atoms with Crippen molar-refractivity contribution in [1.29, 1.82) is 0 Å². The van der Waals surface area contributed by atoms with Crippen LogP contribution in [0.1, 0.15) is 12.0 Å². The Labute approximate surface area is 104 Å². The first-order chi connectivity index (χ1) is 7.70. The SMILES string of the molecule is Nc1ccccc1C#CC1(Br)C=CC=CC1. The number of hydrogen-bond donors (Lipinski definition) is 1. The summed E-state index contributed by atoms with van der Waals surface area (Å²) in [6.45, 7) is 0. The van der Waals surface area contributed by atoms with Crippen LogP contribution in [-0.2, 0) is 0 Å². The van der Waals surface area contributed by atoms with Crippen LogP contribution in [0.4, 0.5) is 5.69 Å². The number of nitrogens with two attached hydrogens (primary N) is 1. The molecule has 0 saturated heterocycles. The van der Waals surface area contributed by atoms with Gasteiger partial charge < -0.3 is 5.73 Å². The molecule has 0 bridgehead atoms. The maximum atomic E-state index is 5.83. The first-order valence-electron chi connectivity index (χ1n) is 5.11. The van der Waals surface area contributed by atoms with Gasteiger partial charge in [-0.05, 0) is 18.6 Å². The lowest BCUT2D eigenvalue weighted by Crippen LogP contribution is -2.14. The van der Waals surface area contributed by atoms with Gasteiger partial charge in [-0.3, -0.25) is 0 Å². The number of halogens is 1. The van der Waals surface area contributed by atoms with Crippen LogP contribution in [0, 0.1) is 11.8 Å². The molecule has 2 N–H and O–H groups in total. The van der Waals surface area contributed by atoms with Gasteiger partial charge in [0.25, 0.3) is 0 Å². The summed E-state index contributed by atoms with van der Waals surface area (Å²) >= 11 is 3.63. The molecule has 16 heavy (non-hydrogen) atoms. The van der Waals surface area contributed by atoms with E-state index in [9.17, 15) is 0 Å². The minimum absolute atomic E-state index is 0.246. The third kappa shape index (κ3) is 2.56. The summed E-state index contributed by atoms with van der Waals surface area (Å²) in [6, 6.07) is 7.65. The van der Waals surface area contributed by atoms with E-state index in [4.69, 9.17) is 5.73 Å². The summed E-state index contributed by atoms with van der Waals surface area (Å²) in [4.78, 5) is 0. The van der Waals surface area contributed by atoms with Crippen molar-refractivity contribution in [3.05, 3.63) is 54.1 Å². The zero-order chi connectivity index (χ0) is 11.4. The second-order valence-corrected chi connectivity index (χ2v) is 5.11. The number of para-hydroxylation sites is 1. The summed E-state index contributed by atoms with van der Waals surface area (Å²) in [6.07, 6.45) is 9.06. The highest BCUT2D eigenvalue weighted by Crippen LogP contribution is 2.27. The molecular formula is C14H12BrN. The van der Waals surface area contributed by atoms with Crippen molar-refractivity contribution in [2.45, 2.75) is 10.7 Å². The number of benzene rings is 1. The molecule has 1 aliphatic rings. The van der Waals surface area contributed by atoms with Crippen LogP contribution >= 0.6 is 15.9 Å². The second-order valence-electron chi connectivity index (χ2n) is 3.69. The van der Waals surface area contributed by atoms with E-state index in [2.05, 4.69) is 39.9 Å². The number of rotatable bonds is 0. The molecule has 0 saturated carbocycles. The topological polar surface area (TPSA) is 26.0 Å². The van der Waals surface area contributed by atoms with Crippen molar-refractivity contribution in [1.82, 2.24) is 0 Å². The van der Waals surface area contributed by atoms with E-state index >= 15 is 0 Å². The minimum Gasteiger partial charge on any atom is -0.398 e. The molecule has 0 radical (unpaired) electrons. The van der Waals surface area contributed by atoms with Gasteiger partial charge in [-0.1, -0.05) is 64.2 Å². The third-order valence-electron chi connectivity index (χ3n) is 2.39. The molecule has 1 nitrogen and oxygen atoms in total. The molecule has 1 aromatic rings. The molecule has 1 atom stereocenters. The van der Waals surface area contributed by atoms with Crippen LogP contribution in [-0.4, -0.2) is 4.32 Å². The molecule has 0 aromatic heterocycles. The van der Waals surface area contributed by atoms with Crippen LogP contribution < -0.4 is 5.73 Å². The first kappa shape index (κ1) is 11.0. The lowest BCUT2D eigenvalue weighted by molar-refractivity contribution is 0.930. The van der Waals surface area contributed by atoms with Gasteiger partial charge in [-0.25, -0.2) is 0 Å². The van der Waals surface area contributed by atoms with Crippen LogP contribution in [0.25, 0.3) is 0 Å². The zero-order valence-electron chi connectivity index (χ0n) is 8.78. The van der Waals surface area contributed by atoms with E-state index in [-0.39, 0.29) is 4.32 Å². The molecular weight excluding hydrogens is 262 g/mol. The maximum absolute atomic E-state index is 5.83. The van der Waals surface area contributed by atoms with Gasteiger partial charge >= 0.3 is 0 Å². The number of allylic oxidation sites excluding steroid dienone is 4. The predicted octanol–water partition coefficient (Wildman–Crippen LogP) is 3.27. The van der Waals surface area contributed by atoms with Crippen molar-refractivity contribution in [2.24, 2.45) is 0 Å². The van der Waals surface area contributed by atoms with Gasteiger partial charge in [0.1, 0.15) is 4.32 Å². The predicted molar refractivity (Wildman–Crippen MR) is 72.3 cm³/mol. The van der Waals surface area contributed by atoms with Crippen molar-refractivity contribution < 1.29 is 0 Å². The Hall–Kier alpha value is -1.46. The van der Waals surface area contributed by atoms with Crippen molar-refractivity contribution >= 4 is 21.6 Å². The second kappa shape index (κ2) is 4.59. The van der Waals surface area contributed by atoms with Gasteiger partial charge in [0.15, 0.2) is 0 Å². The normalized spacial score (nSPS) is 22.6. The monoisotopic (exact) mass is 273 g/mol. The molecule has 2 heteroatoms. The Bertz CT molecular complexity index is 505. The summed E-state index contributed by atoms with van der Waals surface area (Å²) in [5.74, 6) is 6.32. The highest BCUT2D eigenvalue weighted by Gasteiger charge is 2.19. The molecule has 0 aliphatic heterocycles. The third-order valence-corrected chi connectivity index (χ3v) is 3.17. The van der Waals surface area contributed by atoms with Crippen LogP contribution in [0.15, 0.2) is 48.6 Å². The quantitative estimate of drug-likeness (QED) is 0.438. The summed E-state index contributed by atoms with van der Waals surface area (Å²) in [7, 11) is 0. The van der Waals surface area contributed by atoms with Crippen molar-refractivity contribution in [2.75, 3.05) is 5.73 Å². The Morgan fingerprint density at radius 3 is 2.75 bits per heavy atom. The molecule has 1 aromatic carbocycles. The molecule has 1 unspecified atom stereocenters. The Morgan fingerprint density at radius 1 is 1.25 bits per heavy atom. The number of hydrogen-bond acceptors (Lipinski definition) is 1. The lowest BCUT2D eigenvalue weighted by Gasteiger charge is -2.16. The van der Waals surface area contributed by atoms with Crippen molar-refractivity contribution in [3.8, 4) is 11.8 Å². The molecule has 0 heterocycles. The number of nitrogen functional groups attached to an aromatic ring is 1. The largest absolute Gasteiger partial charge is 0.398 e. The van der Waals surface area contributed by atoms with Gasteiger partial charge in [-0.15, -0.1) is 0 Å². The Balaban J connectivity index is 2.25. The fourth-order valence-corrected chi connectivity index (χ4v) is 1.91. The van der Waals surface area contributed by atoms with Gasteiger partial charge in [0, 0.05) is 11.3 Å². The van der Waals surface area contributed by atoms with Gasteiger partial charge in [0.05, 0.1) is 0 Å². The average molecular weight is 274 g/mol. The van der Waals surface area contributed by atoms with E-state index in [1.54, 1.807) is 0 Å². The zero-order valence-corrected chi connectivity index (χ0v) is 10.4. The highest BCUT2D eigenvalue weighted by atomic mass is 79.9. The van der Waals surface area contributed by atoms with E-state index in [1.807, 2.05) is 36.4 Å². The first-order valence-corrected chi connectivity index (χ1v) is 5.90. The van der Waals surface area contributed by atoms with Gasteiger partial charge in [-0.2, -0.15) is 0 Å². The fourth-order valence-electron chi connectivity index (χ4n) is 1.47. The maximum Gasteiger partial charge on any atom is 0.108 e. The molecule has 0 fully saturated rings. The van der Waals surface area contributed by atoms with E-state index in [1.165, 1.54) is 0 Å². The van der Waals surface area contributed by atoms with Crippen LogP contribution in [0.2, 0.25) is 0 Å². The molecule has 0 amide bonds. The molecule has 80 valence electrons. The number of alkyl halides is 1. The van der Waals surface area contributed by atoms with Crippen LogP contribution in [0.3, 0.4) is 0 Å². The highest BCUT2D eigenvalue weighted by molar-refractivity contribution is 9.10. The Morgan fingerprint density at radius 2 is 2.06 bits per heavy atom. The van der Waals surface area contributed by atoms with E-state index in [0.29, 0.717) is 0 Å². The fraction of sp³-hybridized carbons (Fsp3) is 0.143. The van der Waals surface area contributed by atoms with E-state index in [0.717, 1.165) is 17.7 Å².